The van der Waals surface area contributed by atoms with Gasteiger partial charge in [0.1, 0.15) is 4.90 Å². The fourth-order valence-corrected chi connectivity index (χ4v) is 4.57. The lowest BCUT2D eigenvalue weighted by molar-refractivity contribution is 0.0730. The molecule has 1 aliphatic rings. The zero-order chi connectivity index (χ0) is 18.7. The summed E-state index contributed by atoms with van der Waals surface area (Å²) in [6.07, 6.45) is 0. The molecule has 1 aliphatic heterocycles. The molecule has 138 valence electrons. The number of carbonyl (C=O) groups excluding carboxylic acids is 1. The summed E-state index contributed by atoms with van der Waals surface area (Å²) in [6.45, 7) is 3.08. The van der Waals surface area contributed by atoms with E-state index in [0.29, 0.717) is 42.5 Å². The quantitative estimate of drug-likeness (QED) is 0.865. The molecule has 0 aromatic heterocycles. The monoisotopic (exact) mass is 394 g/mol. The van der Waals surface area contributed by atoms with Crippen LogP contribution in [0.5, 0.6) is 0 Å². The van der Waals surface area contributed by atoms with Crippen LogP contribution in [-0.2, 0) is 14.8 Å². The number of carbonyl (C=O) groups is 1. The Hall–Kier alpha value is -1.93. The molecule has 1 saturated heterocycles. The van der Waals surface area contributed by atoms with Crippen molar-refractivity contribution >= 4 is 33.2 Å². The Bertz CT molecular complexity index is 925. The number of para-hydroxylation sites is 1. The number of benzene rings is 2. The summed E-state index contributed by atoms with van der Waals surface area (Å²) in [5.74, 6) is -0.385. The first-order valence-corrected chi connectivity index (χ1v) is 9.96. The Kier molecular flexibility index (Phi) is 5.62. The molecule has 1 fully saturated rings. The van der Waals surface area contributed by atoms with E-state index < -0.39 is 10.0 Å². The van der Waals surface area contributed by atoms with Gasteiger partial charge in [-0.15, -0.1) is 0 Å². The predicted molar refractivity (Wildman–Crippen MR) is 100 cm³/mol. The van der Waals surface area contributed by atoms with Crippen LogP contribution in [0, 0.1) is 6.92 Å². The van der Waals surface area contributed by atoms with Gasteiger partial charge in [-0.25, -0.2) is 8.42 Å². The largest absolute Gasteiger partial charge is 0.379 e. The number of morpholine rings is 1. The van der Waals surface area contributed by atoms with Crippen LogP contribution >= 0.6 is 11.6 Å². The first kappa shape index (κ1) is 18.8. The second-order valence-corrected chi connectivity index (χ2v) is 8.27. The molecule has 2 aromatic rings. The molecular formula is C18H19ClN2O4S. The van der Waals surface area contributed by atoms with Gasteiger partial charge in [-0.3, -0.25) is 4.79 Å². The lowest BCUT2D eigenvalue weighted by atomic mass is 10.1. The average molecular weight is 395 g/mol. The highest BCUT2D eigenvalue weighted by molar-refractivity contribution is 7.89. The summed E-state index contributed by atoms with van der Waals surface area (Å²) in [5, 5.41) is 3.25. The molecule has 0 atom stereocenters. The molecule has 3 rings (SSSR count). The Morgan fingerprint density at radius 2 is 1.85 bits per heavy atom. The van der Waals surface area contributed by atoms with Crippen LogP contribution in [0.2, 0.25) is 5.02 Å². The molecule has 1 amide bonds. The maximum Gasteiger partial charge on any atom is 0.255 e. The molecule has 8 heteroatoms. The second kappa shape index (κ2) is 7.75. The number of aryl methyl sites for hydroxylation is 1. The third kappa shape index (κ3) is 3.91. The molecule has 1 N–H and O–H groups in total. The molecular weight excluding hydrogens is 376 g/mol. The minimum atomic E-state index is -3.72. The summed E-state index contributed by atoms with van der Waals surface area (Å²) in [5.41, 5.74) is 1.40. The van der Waals surface area contributed by atoms with Crippen LogP contribution in [0.3, 0.4) is 0 Å². The molecule has 2 aromatic carbocycles. The van der Waals surface area contributed by atoms with Crippen molar-refractivity contribution in [1.82, 2.24) is 4.31 Å². The number of amides is 1. The molecule has 0 radical (unpaired) electrons. The minimum absolute atomic E-state index is 0.0712. The van der Waals surface area contributed by atoms with Crippen molar-refractivity contribution in [2.24, 2.45) is 0 Å². The second-order valence-electron chi connectivity index (χ2n) is 5.93. The Morgan fingerprint density at radius 1 is 1.15 bits per heavy atom. The van der Waals surface area contributed by atoms with E-state index in [4.69, 9.17) is 16.3 Å². The van der Waals surface area contributed by atoms with Crippen LogP contribution in [0.4, 0.5) is 5.69 Å². The maximum atomic E-state index is 12.9. The molecule has 0 spiro atoms. The van der Waals surface area contributed by atoms with Crippen molar-refractivity contribution in [1.29, 1.82) is 0 Å². The van der Waals surface area contributed by atoms with Crippen LogP contribution in [0.1, 0.15) is 15.9 Å². The number of nitrogens with one attached hydrogen (secondary N) is 1. The van der Waals surface area contributed by atoms with Gasteiger partial charge in [0.25, 0.3) is 5.91 Å². The zero-order valence-corrected chi connectivity index (χ0v) is 15.8. The number of sulfonamides is 1. The predicted octanol–water partition coefficient (Wildman–Crippen LogP) is 2.92. The number of nitrogens with zero attached hydrogens (tertiary/aromatic N) is 1. The molecule has 0 saturated carbocycles. The third-order valence-electron chi connectivity index (χ3n) is 4.16. The fraction of sp³-hybridized carbons (Fsp3) is 0.278. The van der Waals surface area contributed by atoms with Gasteiger partial charge < -0.3 is 10.1 Å². The standard InChI is InChI=1S/C18H19ClN2O4S/c1-13-12-14(19)6-7-15(13)18(22)20-16-4-2-3-5-17(16)26(23,24)21-8-10-25-11-9-21/h2-7,12H,8-11H2,1H3,(H,20,22). The van der Waals surface area contributed by atoms with Gasteiger partial charge in [-0.1, -0.05) is 23.7 Å². The molecule has 6 nitrogen and oxygen atoms in total. The number of rotatable bonds is 4. The smallest absolute Gasteiger partial charge is 0.255 e. The van der Waals surface area contributed by atoms with Gasteiger partial charge in [0.05, 0.1) is 18.9 Å². The summed E-state index contributed by atoms with van der Waals surface area (Å²) in [6, 6.07) is 11.3. The SMILES string of the molecule is Cc1cc(Cl)ccc1C(=O)Nc1ccccc1S(=O)(=O)N1CCOCC1. The summed E-state index contributed by atoms with van der Waals surface area (Å²) < 4.78 is 32.5. The van der Waals surface area contributed by atoms with Crippen molar-refractivity contribution in [2.45, 2.75) is 11.8 Å². The highest BCUT2D eigenvalue weighted by Crippen LogP contribution is 2.26. The van der Waals surface area contributed by atoms with E-state index in [9.17, 15) is 13.2 Å². The van der Waals surface area contributed by atoms with Gasteiger partial charge in [0.15, 0.2) is 0 Å². The Balaban J connectivity index is 1.91. The van der Waals surface area contributed by atoms with Crippen molar-refractivity contribution in [3.05, 3.63) is 58.6 Å². The highest BCUT2D eigenvalue weighted by atomic mass is 35.5. The van der Waals surface area contributed by atoms with E-state index >= 15 is 0 Å². The van der Waals surface area contributed by atoms with Gasteiger partial charge >= 0.3 is 0 Å². The number of ether oxygens (including phenoxy) is 1. The van der Waals surface area contributed by atoms with Crippen molar-refractivity contribution < 1.29 is 17.9 Å². The van der Waals surface area contributed by atoms with E-state index in [1.165, 1.54) is 10.4 Å². The number of halogens is 1. The molecule has 1 heterocycles. The van der Waals surface area contributed by atoms with Crippen molar-refractivity contribution in [3.63, 3.8) is 0 Å². The number of hydrogen-bond acceptors (Lipinski definition) is 4. The molecule has 0 aliphatic carbocycles. The maximum absolute atomic E-state index is 12.9. The minimum Gasteiger partial charge on any atom is -0.379 e. The van der Waals surface area contributed by atoms with Crippen LogP contribution in [-0.4, -0.2) is 44.9 Å². The van der Waals surface area contributed by atoms with Gasteiger partial charge in [0, 0.05) is 23.7 Å². The van der Waals surface area contributed by atoms with Crippen molar-refractivity contribution in [3.8, 4) is 0 Å². The van der Waals surface area contributed by atoms with Crippen LogP contribution in [0.25, 0.3) is 0 Å². The zero-order valence-electron chi connectivity index (χ0n) is 14.2. The van der Waals surface area contributed by atoms with E-state index in [1.54, 1.807) is 43.3 Å². The average Bonchev–Trinajstić information content (AvgIpc) is 2.62. The van der Waals surface area contributed by atoms with E-state index in [2.05, 4.69) is 5.32 Å². The van der Waals surface area contributed by atoms with E-state index in [0.717, 1.165) is 0 Å². The molecule has 0 unspecified atom stereocenters. The van der Waals surface area contributed by atoms with E-state index in [1.807, 2.05) is 0 Å². The fourth-order valence-electron chi connectivity index (χ4n) is 2.79. The first-order valence-electron chi connectivity index (χ1n) is 8.14. The highest BCUT2D eigenvalue weighted by Gasteiger charge is 2.29. The van der Waals surface area contributed by atoms with Crippen molar-refractivity contribution in [2.75, 3.05) is 31.6 Å². The summed E-state index contributed by atoms with van der Waals surface area (Å²) in [7, 11) is -3.72. The topological polar surface area (TPSA) is 75.7 Å². The summed E-state index contributed by atoms with van der Waals surface area (Å²) in [4.78, 5) is 12.7. The van der Waals surface area contributed by atoms with Gasteiger partial charge in [-0.2, -0.15) is 4.31 Å². The number of anilines is 1. The molecule has 0 bridgehead atoms. The normalized spacial score (nSPS) is 15.6. The lowest BCUT2D eigenvalue weighted by Gasteiger charge is -2.27. The van der Waals surface area contributed by atoms with Gasteiger partial charge in [-0.05, 0) is 42.8 Å². The Labute approximate surface area is 157 Å². The van der Waals surface area contributed by atoms with E-state index in [-0.39, 0.29) is 16.5 Å². The number of hydrogen-bond donors (Lipinski definition) is 1. The molecule has 26 heavy (non-hydrogen) atoms. The van der Waals surface area contributed by atoms with Crippen LogP contribution < -0.4 is 5.32 Å². The first-order chi connectivity index (χ1) is 12.4. The Morgan fingerprint density at radius 3 is 2.54 bits per heavy atom. The third-order valence-corrected chi connectivity index (χ3v) is 6.35. The lowest BCUT2D eigenvalue weighted by Crippen LogP contribution is -2.40. The van der Waals surface area contributed by atoms with Crippen LogP contribution in [0.15, 0.2) is 47.4 Å². The summed E-state index contributed by atoms with van der Waals surface area (Å²) >= 11 is 5.93. The van der Waals surface area contributed by atoms with Gasteiger partial charge in [0.2, 0.25) is 10.0 Å².